The van der Waals surface area contributed by atoms with E-state index in [1.807, 2.05) is 0 Å². The summed E-state index contributed by atoms with van der Waals surface area (Å²) < 4.78 is 0. The van der Waals surface area contributed by atoms with Crippen LogP contribution in [0.3, 0.4) is 0 Å². The van der Waals surface area contributed by atoms with Gasteiger partial charge in [-0.25, -0.2) is 9.97 Å². The third-order valence-corrected chi connectivity index (χ3v) is 6.21. The fourth-order valence-electron chi connectivity index (χ4n) is 3.61. The van der Waals surface area contributed by atoms with Crippen LogP contribution in [-0.4, -0.2) is 19.9 Å². The molecule has 0 fully saturated rings. The second-order valence-corrected chi connectivity index (χ2v) is 10.3. The topological polar surface area (TPSA) is 89.6 Å². The highest BCUT2D eigenvalue weighted by atomic mass is 35.5. The van der Waals surface area contributed by atoms with E-state index in [-0.39, 0.29) is 12.1 Å². The Morgan fingerprint density at radius 1 is 0.667 bits per heavy atom. The Balaban J connectivity index is 0.000000227. The molecule has 0 radical (unpaired) electrons. The van der Waals surface area contributed by atoms with Gasteiger partial charge < -0.3 is 11.1 Å². The number of aryl methyl sites for hydroxylation is 2. The first kappa shape index (κ1) is 32.4. The average molecular weight is 588 g/mol. The van der Waals surface area contributed by atoms with Crippen LogP contribution in [0.1, 0.15) is 73.9 Å². The quantitative estimate of drug-likeness (QED) is 0.214. The fourth-order valence-corrected chi connectivity index (χ4v) is 4.10. The van der Waals surface area contributed by atoms with E-state index in [0.717, 1.165) is 25.7 Å². The second-order valence-electron chi connectivity index (χ2n) is 9.09. The molecular formula is C30H37Cl3N6. The molecule has 2 unspecified atom stereocenters. The van der Waals surface area contributed by atoms with E-state index in [1.54, 1.807) is 6.20 Å². The molecule has 39 heavy (non-hydrogen) atoms. The van der Waals surface area contributed by atoms with Gasteiger partial charge in [0.05, 0.1) is 30.8 Å². The molecule has 2 aromatic carbocycles. The van der Waals surface area contributed by atoms with Crippen LogP contribution in [-0.2, 0) is 0 Å². The first-order chi connectivity index (χ1) is 18.7. The van der Waals surface area contributed by atoms with E-state index in [0.29, 0.717) is 21.3 Å². The van der Waals surface area contributed by atoms with Crippen LogP contribution >= 0.6 is 34.8 Å². The summed E-state index contributed by atoms with van der Waals surface area (Å²) in [5.41, 5.74) is 11.0. The molecule has 0 amide bonds. The number of anilines is 1. The van der Waals surface area contributed by atoms with E-state index in [2.05, 4.69) is 101 Å². The first-order valence-electron chi connectivity index (χ1n) is 13.0. The lowest BCUT2D eigenvalue weighted by Gasteiger charge is -2.19. The molecule has 0 aliphatic carbocycles. The number of hydrogen-bond donors (Lipinski definition) is 2. The van der Waals surface area contributed by atoms with Crippen molar-refractivity contribution in [2.45, 2.75) is 65.5 Å². The number of benzene rings is 2. The molecule has 0 bridgehead atoms. The van der Waals surface area contributed by atoms with Gasteiger partial charge >= 0.3 is 0 Å². The fraction of sp³-hybridized carbons (Fsp3) is 0.333. The van der Waals surface area contributed by atoms with Crippen molar-refractivity contribution < 1.29 is 0 Å². The van der Waals surface area contributed by atoms with E-state index in [4.69, 9.17) is 40.5 Å². The molecule has 4 aromatic rings. The van der Waals surface area contributed by atoms with Crippen molar-refractivity contribution in [3.8, 4) is 0 Å². The summed E-state index contributed by atoms with van der Waals surface area (Å²) in [6, 6.07) is 17.5. The Morgan fingerprint density at radius 3 is 1.56 bits per heavy atom. The molecule has 0 saturated carbocycles. The summed E-state index contributed by atoms with van der Waals surface area (Å²) in [6.07, 6.45) is 10.4. The van der Waals surface area contributed by atoms with Crippen molar-refractivity contribution in [2.75, 3.05) is 5.32 Å². The van der Waals surface area contributed by atoms with Gasteiger partial charge in [0.1, 0.15) is 21.3 Å². The lowest BCUT2D eigenvalue weighted by Crippen LogP contribution is -2.11. The minimum absolute atomic E-state index is 0.218. The zero-order valence-electron chi connectivity index (χ0n) is 22.9. The van der Waals surface area contributed by atoms with E-state index in [9.17, 15) is 0 Å². The molecule has 0 aliphatic heterocycles. The zero-order chi connectivity index (χ0) is 28.6. The molecule has 9 heteroatoms. The van der Waals surface area contributed by atoms with Gasteiger partial charge in [0.2, 0.25) is 0 Å². The summed E-state index contributed by atoms with van der Waals surface area (Å²) >= 11 is 16.6. The van der Waals surface area contributed by atoms with Gasteiger partial charge in [-0.05, 0) is 37.8 Å². The van der Waals surface area contributed by atoms with Crippen LogP contribution < -0.4 is 11.1 Å². The minimum atomic E-state index is 0.218. The molecular weight excluding hydrogens is 551 g/mol. The van der Waals surface area contributed by atoms with Gasteiger partial charge in [-0.15, -0.1) is 0 Å². The number of nitrogens with one attached hydrogen (secondary N) is 1. The average Bonchev–Trinajstić information content (AvgIpc) is 2.90. The van der Waals surface area contributed by atoms with Crippen LogP contribution in [0, 0.1) is 13.8 Å². The molecule has 4 rings (SSSR count). The maximum absolute atomic E-state index is 5.96. The summed E-state index contributed by atoms with van der Waals surface area (Å²) in [6.45, 7) is 8.52. The van der Waals surface area contributed by atoms with Crippen LogP contribution in [0.4, 0.5) is 5.82 Å². The van der Waals surface area contributed by atoms with Crippen molar-refractivity contribution in [3.05, 3.63) is 111 Å². The zero-order valence-corrected chi connectivity index (χ0v) is 25.2. The van der Waals surface area contributed by atoms with Crippen molar-refractivity contribution in [2.24, 2.45) is 5.73 Å². The Labute approximate surface area is 247 Å². The lowest BCUT2D eigenvalue weighted by molar-refractivity contribution is 0.638. The molecule has 3 N–H and O–H groups in total. The number of hydrogen-bond acceptors (Lipinski definition) is 6. The van der Waals surface area contributed by atoms with Crippen molar-refractivity contribution in [3.63, 3.8) is 0 Å². The predicted molar refractivity (Wildman–Crippen MR) is 165 cm³/mol. The normalized spacial score (nSPS) is 11.8. The molecule has 208 valence electrons. The van der Waals surface area contributed by atoms with Crippen LogP contribution in [0.2, 0.25) is 15.5 Å². The largest absolute Gasteiger partial charge is 0.362 e. The maximum atomic E-state index is 5.96. The standard InChI is InChI=1S/C15H18ClN3.C11H17N.C4H2Cl2N2/c1-3-4-13(12-7-5-11(2)6-8-12)18-15-10-17-9-14(16)19-15;1-3-4-11(12)10-7-5-9(2)6-8-10;5-3-1-7-2-4(6)8-3/h5-10,13H,3-4H2,1-2H3,(H,18,19);5-8,11H,3-4,12H2,1-2H3;1-2H. The SMILES string of the molecule is CCCC(N)c1ccc(C)cc1.CCCC(Nc1cncc(Cl)n1)c1ccc(C)cc1.Clc1cncc(Cl)n1. The molecule has 2 aromatic heterocycles. The Hall–Kier alpha value is -2.77. The molecule has 0 saturated heterocycles. The predicted octanol–water partition coefficient (Wildman–Crippen LogP) is 8.97. The highest BCUT2D eigenvalue weighted by Crippen LogP contribution is 2.23. The van der Waals surface area contributed by atoms with Gasteiger partial charge in [-0.3, -0.25) is 9.97 Å². The summed E-state index contributed by atoms with van der Waals surface area (Å²) in [4.78, 5) is 15.6. The third-order valence-electron chi connectivity index (χ3n) is 5.67. The maximum Gasteiger partial charge on any atom is 0.149 e. The number of aromatic nitrogens is 4. The number of rotatable bonds is 8. The highest BCUT2D eigenvalue weighted by Gasteiger charge is 2.11. The Kier molecular flexibility index (Phi) is 14.8. The summed E-state index contributed by atoms with van der Waals surface area (Å²) in [5, 5.41) is 4.44. The highest BCUT2D eigenvalue weighted by molar-refractivity contribution is 6.32. The monoisotopic (exact) mass is 586 g/mol. The Morgan fingerprint density at radius 2 is 1.13 bits per heavy atom. The Bertz CT molecular complexity index is 1220. The van der Waals surface area contributed by atoms with E-state index in [1.165, 1.54) is 40.8 Å². The van der Waals surface area contributed by atoms with Gasteiger partial charge in [-0.1, -0.05) is 121 Å². The van der Waals surface area contributed by atoms with Crippen molar-refractivity contribution >= 4 is 40.6 Å². The smallest absolute Gasteiger partial charge is 0.149 e. The van der Waals surface area contributed by atoms with Crippen molar-refractivity contribution in [1.82, 2.24) is 19.9 Å². The van der Waals surface area contributed by atoms with Crippen LogP contribution in [0.25, 0.3) is 0 Å². The number of nitrogens with zero attached hydrogens (tertiary/aromatic N) is 4. The molecule has 2 atom stereocenters. The van der Waals surface area contributed by atoms with Crippen molar-refractivity contribution in [1.29, 1.82) is 0 Å². The molecule has 0 aliphatic rings. The van der Waals surface area contributed by atoms with Gasteiger partial charge in [0.25, 0.3) is 0 Å². The minimum Gasteiger partial charge on any atom is -0.362 e. The second kappa shape index (κ2) is 17.7. The van der Waals surface area contributed by atoms with Crippen LogP contribution in [0.15, 0.2) is 73.3 Å². The van der Waals surface area contributed by atoms with Gasteiger partial charge in [0.15, 0.2) is 0 Å². The third kappa shape index (κ3) is 12.8. The first-order valence-corrected chi connectivity index (χ1v) is 14.1. The van der Waals surface area contributed by atoms with E-state index < -0.39 is 0 Å². The number of halogens is 3. The van der Waals surface area contributed by atoms with Gasteiger partial charge in [0, 0.05) is 6.04 Å². The summed E-state index contributed by atoms with van der Waals surface area (Å²) in [7, 11) is 0. The molecule has 6 nitrogen and oxygen atoms in total. The molecule has 2 heterocycles. The van der Waals surface area contributed by atoms with Crippen LogP contribution in [0.5, 0.6) is 0 Å². The molecule has 0 spiro atoms. The number of nitrogens with two attached hydrogens (primary N) is 1. The van der Waals surface area contributed by atoms with Gasteiger partial charge in [-0.2, -0.15) is 0 Å². The summed E-state index contributed by atoms with van der Waals surface area (Å²) in [5.74, 6) is 0.714. The van der Waals surface area contributed by atoms with E-state index >= 15 is 0 Å². The lowest BCUT2D eigenvalue weighted by atomic mass is 10.0.